The van der Waals surface area contributed by atoms with Gasteiger partial charge in [0.2, 0.25) is 0 Å². The van der Waals surface area contributed by atoms with Gasteiger partial charge >= 0.3 is 0 Å². The van der Waals surface area contributed by atoms with E-state index in [2.05, 4.69) is 16.5 Å². The molecule has 1 aromatic heterocycles. The number of aryl methyl sites for hydroxylation is 1. The largest absolute Gasteiger partial charge is 0.347 e. The summed E-state index contributed by atoms with van der Waals surface area (Å²) in [6.07, 6.45) is 7.41. The lowest BCUT2D eigenvalue weighted by molar-refractivity contribution is 0.0929. The molecule has 0 aliphatic carbocycles. The van der Waals surface area contributed by atoms with Crippen molar-refractivity contribution in [3.05, 3.63) is 41.3 Å². The molecule has 0 radical (unpaired) electrons. The van der Waals surface area contributed by atoms with Crippen LogP contribution in [-0.4, -0.2) is 38.5 Å². The summed E-state index contributed by atoms with van der Waals surface area (Å²) in [5.41, 5.74) is 2.11. The molecular formula is C19H22ClN5O. The van der Waals surface area contributed by atoms with Crippen molar-refractivity contribution in [1.29, 1.82) is 5.26 Å². The first-order valence-electron chi connectivity index (χ1n) is 8.71. The highest BCUT2D eigenvalue weighted by molar-refractivity contribution is 6.34. The molecule has 0 bridgehead atoms. The van der Waals surface area contributed by atoms with Crippen LogP contribution in [0.2, 0.25) is 5.02 Å². The number of carbonyl (C=O) groups is 1. The van der Waals surface area contributed by atoms with Crippen molar-refractivity contribution < 1.29 is 4.79 Å². The molecule has 0 spiro atoms. The van der Waals surface area contributed by atoms with Crippen LogP contribution in [0.5, 0.6) is 0 Å². The monoisotopic (exact) mass is 371 g/mol. The van der Waals surface area contributed by atoms with Gasteiger partial charge in [-0.15, -0.1) is 0 Å². The van der Waals surface area contributed by atoms with Crippen LogP contribution in [0.4, 0.5) is 0 Å². The van der Waals surface area contributed by atoms with Gasteiger partial charge in [-0.3, -0.25) is 4.79 Å². The number of amides is 1. The Balaban J connectivity index is 1.77. The average molecular weight is 372 g/mol. The Bertz CT molecular complexity index is 856. The van der Waals surface area contributed by atoms with E-state index in [0.29, 0.717) is 10.6 Å². The van der Waals surface area contributed by atoms with E-state index in [1.54, 1.807) is 23.4 Å². The second-order valence-electron chi connectivity index (χ2n) is 6.77. The molecule has 0 saturated carbocycles. The number of hydrogen-bond acceptors (Lipinski definition) is 4. The number of imidazole rings is 1. The minimum Gasteiger partial charge on any atom is -0.347 e. The SMILES string of the molecule is CC[C@@H]1[C@H](NC(=O)c2ccc(-c3cn(C)cn3)cc2Cl)C[C@H](C)N1C#N. The van der Waals surface area contributed by atoms with Gasteiger partial charge in [0.1, 0.15) is 0 Å². The maximum Gasteiger partial charge on any atom is 0.253 e. The second-order valence-corrected chi connectivity index (χ2v) is 7.17. The Morgan fingerprint density at radius 3 is 2.85 bits per heavy atom. The van der Waals surface area contributed by atoms with Crippen molar-refractivity contribution in [2.24, 2.45) is 7.05 Å². The van der Waals surface area contributed by atoms with Gasteiger partial charge in [0.05, 0.1) is 34.7 Å². The molecule has 3 atom stereocenters. The summed E-state index contributed by atoms with van der Waals surface area (Å²) in [4.78, 5) is 18.8. The molecule has 3 rings (SSSR count). The lowest BCUT2D eigenvalue weighted by Gasteiger charge is -2.24. The van der Waals surface area contributed by atoms with Crippen LogP contribution in [0.15, 0.2) is 30.7 Å². The molecular weight excluding hydrogens is 350 g/mol. The number of nitrogens with zero attached hydrogens (tertiary/aromatic N) is 4. The number of aromatic nitrogens is 2. The third-order valence-electron chi connectivity index (χ3n) is 4.96. The van der Waals surface area contributed by atoms with Crippen LogP contribution >= 0.6 is 11.6 Å². The smallest absolute Gasteiger partial charge is 0.253 e. The number of hydrogen-bond donors (Lipinski definition) is 1. The normalized spacial score (nSPS) is 22.3. The average Bonchev–Trinajstić information content (AvgIpc) is 3.17. The van der Waals surface area contributed by atoms with Gasteiger partial charge in [-0.25, -0.2) is 4.98 Å². The Labute approximate surface area is 158 Å². The predicted molar refractivity (Wildman–Crippen MR) is 101 cm³/mol. The van der Waals surface area contributed by atoms with Gasteiger partial charge in [0.25, 0.3) is 5.91 Å². The number of nitrogens with one attached hydrogen (secondary N) is 1. The second kappa shape index (κ2) is 7.38. The minimum atomic E-state index is -0.210. The highest BCUT2D eigenvalue weighted by Crippen LogP contribution is 2.28. The van der Waals surface area contributed by atoms with Gasteiger partial charge in [-0.1, -0.05) is 24.6 Å². The van der Waals surface area contributed by atoms with E-state index >= 15 is 0 Å². The van der Waals surface area contributed by atoms with E-state index in [9.17, 15) is 10.1 Å². The molecule has 0 unspecified atom stereocenters. The number of nitriles is 1. The zero-order valence-electron chi connectivity index (χ0n) is 15.1. The summed E-state index contributed by atoms with van der Waals surface area (Å²) in [7, 11) is 1.90. The molecule has 1 amide bonds. The Hall–Kier alpha value is -2.52. The number of halogens is 1. The van der Waals surface area contributed by atoms with Gasteiger partial charge in [0.15, 0.2) is 6.19 Å². The fourth-order valence-electron chi connectivity index (χ4n) is 3.63. The molecule has 26 heavy (non-hydrogen) atoms. The van der Waals surface area contributed by atoms with Crippen molar-refractivity contribution in [1.82, 2.24) is 19.8 Å². The van der Waals surface area contributed by atoms with E-state index in [-0.39, 0.29) is 24.0 Å². The standard InChI is InChI=1S/C19H22ClN5O/c1-4-18-16(7-12(2)25(18)10-21)23-19(26)14-6-5-13(8-15(14)20)17-9-24(3)11-22-17/h5-6,8-9,11-12,16,18H,4,7H2,1-3H3,(H,23,26)/t12-,16+,18+/m0/s1. The van der Waals surface area contributed by atoms with Crippen molar-refractivity contribution >= 4 is 17.5 Å². The van der Waals surface area contributed by atoms with Crippen LogP contribution in [0.1, 0.15) is 37.0 Å². The lowest BCUT2D eigenvalue weighted by atomic mass is 10.0. The predicted octanol–water partition coefficient (Wildman–Crippen LogP) is 3.19. The maximum atomic E-state index is 12.7. The molecule has 7 heteroatoms. The summed E-state index contributed by atoms with van der Waals surface area (Å²) in [5.74, 6) is -0.210. The number of benzene rings is 1. The highest BCUT2D eigenvalue weighted by Gasteiger charge is 2.38. The van der Waals surface area contributed by atoms with E-state index < -0.39 is 0 Å². The molecule has 1 saturated heterocycles. The first-order chi connectivity index (χ1) is 12.4. The minimum absolute atomic E-state index is 0.0190. The lowest BCUT2D eigenvalue weighted by Crippen LogP contribution is -2.43. The maximum absolute atomic E-state index is 12.7. The molecule has 136 valence electrons. The van der Waals surface area contributed by atoms with Crippen LogP contribution in [0.25, 0.3) is 11.3 Å². The Kier molecular flexibility index (Phi) is 5.19. The Morgan fingerprint density at radius 2 is 2.27 bits per heavy atom. The third kappa shape index (κ3) is 3.40. The summed E-state index contributed by atoms with van der Waals surface area (Å²) in [5, 5.41) is 12.8. The zero-order valence-corrected chi connectivity index (χ0v) is 15.9. The molecule has 1 fully saturated rings. The fraction of sp³-hybridized carbons (Fsp3) is 0.421. The van der Waals surface area contributed by atoms with Gasteiger partial charge in [-0.2, -0.15) is 5.26 Å². The first-order valence-corrected chi connectivity index (χ1v) is 9.09. The number of carbonyl (C=O) groups excluding carboxylic acids is 1. The summed E-state index contributed by atoms with van der Waals surface area (Å²) >= 11 is 6.36. The first kappa shape index (κ1) is 18.3. The van der Waals surface area contributed by atoms with Gasteiger partial charge < -0.3 is 14.8 Å². The summed E-state index contributed by atoms with van der Waals surface area (Å²) < 4.78 is 1.86. The quantitative estimate of drug-likeness (QED) is 0.837. The molecule has 1 aliphatic heterocycles. The van der Waals surface area contributed by atoms with Crippen molar-refractivity contribution in [2.75, 3.05) is 0 Å². The molecule has 2 heterocycles. The van der Waals surface area contributed by atoms with E-state index in [1.807, 2.05) is 37.7 Å². The van der Waals surface area contributed by atoms with Crippen LogP contribution in [-0.2, 0) is 7.05 Å². The van der Waals surface area contributed by atoms with Crippen molar-refractivity contribution in [3.8, 4) is 17.5 Å². The Morgan fingerprint density at radius 1 is 1.50 bits per heavy atom. The summed E-state index contributed by atoms with van der Waals surface area (Å²) in [6, 6.07) is 5.41. The van der Waals surface area contributed by atoms with Gasteiger partial charge in [-0.05, 0) is 31.9 Å². The van der Waals surface area contributed by atoms with Crippen molar-refractivity contribution in [3.63, 3.8) is 0 Å². The summed E-state index contributed by atoms with van der Waals surface area (Å²) in [6.45, 7) is 4.04. The third-order valence-corrected chi connectivity index (χ3v) is 5.27. The molecule has 2 aromatic rings. The number of rotatable bonds is 4. The molecule has 1 aliphatic rings. The topological polar surface area (TPSA) is 74.0 Å². The molecule has 6 nitrogen and oxygen atoms in total. The van der Waals surface area contributed by atoms with Crippen LogP contribution < -0.4 is 5.32 Å². The van der Waals surface area contributed by atoms with Crippen LogP contribution in [0, 0.1) is 11.5 Å². The number of likely N-dealkylation sites (tertiary alicyclic amines) is 1. The van der Waals surface area contributed by atoms with E-state index in [4.69, 9.17) is 11.6 Å². The highest BCUT2D eigenvalue weighted by atomic mass is 35.5. The van der Waals surface area contributed by atoms with Crippen LogP contribution in [0.3, 0.4) is 0 Å². The molecule has 1 aromatic carbocycles. The fourth-order valence-corrected chi connectivity index (χ4v) is 3.90. The van der Waals surface area contributed by atoms with Gasteiger partial charge in [0, 0.05) is 24.8 Å². The zero-order chi connectivity index (χ0) is 18.8. The molecule has 1 N–H and O–H groups in total. The van der Waals surface area contributed by atoms with Crippen molar-refractivity contribution in [2.45, 2.75) is 44.8 Å². The van der Waals surface area contributed by atoms with E-state index in [0.717, 1.165) is 24.1 Å². The van der Waals surface area contributed by atoms with E-state index in [1.165, 1.54) is 0 Å².